The predicted octanol–water partition coefficient (Wildman–Crippen LogP) is 1.80. The van der Waals surface area contributed by atoms with Crippen molar-refractivity contribution in [3.8, 4) is 0 Å². The molecule has 3 nitrogen and oxygen atoms in total. The number of para-hydroxylation sites is 1. The standard InChI is InChI=1S/C12H18N2O/c1-9-4-3-5-11(12(9)13)14-6-7-15-10(2)8-14/h3-5,10H,6-8,13H2,1-2H3. The van der Waals surface area contributed by atoms with Gasteiger partial charge in [-0.05, 0) is 25.5 Å². The van der Waals surface area contributed by atoms with Crippen LogP contribution in [0.25, 0.3) is 0 Å². The van der Waals surface area contributed by atoms with E-state index in [1.807, 2.05) is 13.0 Å². The summed E-state index contributed by atoms with van der Waals surface area (Å²) in [6.07, 6.45) is 0.290. The number of nitrogens with zero attached hydrogens (tertiary/aromatic N) is 1. The van der Waals surface area contributed by atoms with Gasteiger partial charge in [0.15, 0.2) is 0 Å². The van der Waals surface area contributed by atoms with Crippen molar-refractivity contribution in [2.24, 2.45) is 0 Å². The molecular weight excluding hydrogens is 188 g/mol. The van der Waals surface area contributed by atoms with Crippen LogP contribution >= 0.6 is 0 Å². The van der Waals surface area contributed by atoms with Gasteiger partial charge in [-0.2, -0.15) is 0 Å². The first kappa shape index (κ1) is 10.3. The van der Waals surface area contributed by atoms with Crippen molar-refractivity contribution in [2.45, 2.75) is 20.0 Å². The Morgan fingerprint density at radius 2 is 2.27 bits per heavy atom. The van der Waals surface area contributed by atoms with Crippen molar-refractivity contribution in [3.05, 3.63) is 23.8 Å². The highest BCUT2D eigenvalue weighted by Crippen LogP contribution is 2.27. The molecule has 1 aliphatic heterocycles. The van der Waals surface area contributed by atoms with Gasteiger partial charge in [-0.3, -0.25) is 0 Å². The normalized spacial score (nSPS) is 21.7. The Bertz CT molecular complexity index is 351. The van der Waals surface area contributed by atoms with Gasteiger partial charge in [-0.25, -0.2) is 0 Å². The first-order valence-corrected chi connectivity index (χ1v) is 5.40. The molecule has 15 heavy (non-hydrogen) atoms. The number of aryl methyl sites for hydroxylation is 1. The minimum absolute atomic E-state index is 0.290. The molecule has 1 aromatic carbocycles. The first-order chi connectivity index (χ1) is 7.18. The third-order valence-electron chi connectivity index (χ3n) is 2.88. The minimum atomic E-state index is 0.290. The zero-order valence-electron chi connectivity index (χ0n) is 9.36. The monoisotopic (exact) mass is 206 g/mol. The second-order valence-electron chi connectivity index (χ2n) is 4.14. The highest BCUT2D eigenvalue weighted by Gasteiger charge is 2.18. The van der Waals surface area contributed by atoms with Crippen molar-refractivity contribution >= 4 is 11.4 Å². The molecule has 2 rings (SSSR count). The lowest BCUT2D eigenvalue weighted by Gasteiger charge is -2.33. The van der Waals surface area contributed by atoms with Gasteiger partial charge in [0.1, 0.15) is 0 Å². The van der Waals surface area contributed by atoms with E-state index in [4.69, 9.17) is 10.5 Å². The molecule has 0 saturated carbocycles. The Hall–Kier alpha value is -1.22. The van der Waals surface area contributed by atoms with Crippen LogP contribution in [0.4, 0.5) is 11.4 Å². The van der Waals surface area contributed by atoms with Crippen LogP contribution in [0.15, 0.2) is 18.2 Å². The van der Waals surface area contributed by atoms with E-state index in [2.05, 4.69) is 24.0 Å². The average Bonchev–Trinajstić information content (AvgIpc) is 2.22. The van der Waals surface area contributed by atoms with Gasteiger partial charge < -0.3 is 15.4 Å². The third-order valence-corrected chi connectivity index (χ3v) is 2.88. The predicted molar refractivity (Wildman–Crippen MR) is 63.2 cm³/mol. The summed E-state index contributed by atoms with van der Waals surface area (Å²) in [6, 6.07) is 6.18. The van der Waals surface area contributed by atoms with Crippen LogP contribution in [0.5, 0.6) is 0 Å². The zero-order valence-corrected chi connectivity index (χ0v) is 9.36. The lowest BCUT2D eigenvalue weighted by molar-refractivity contribution is 0.0533. The van der Waals surface area contributed by atoms with Crippen molar-refractivity contribution < 1.29 is 4.74 Å². The Balaban J connectivity index is 2.24. The summed E-state index contributed by atoms with van der Waals surface area (Å²) >= 11 is 0. The summed E-state index contributed by atoms with van der Waals surface area (Å²) in [5, 5.41) is 0. The zero-order chi connectivity index (χ0) is 10.8. The molecule has 3 heteroatoms. The van der Waals surface area contributed by atoms with Gasteiger partial charge in [0.25, 0.3) is 0 Å². The van der Waals surface area contributed by atoms with Gasteiger partial charge in [0.2, 0.25) is 0 Å². The lowest BCUT2D eigenvalue weighted by Crippen LogP contribution is -2.41. The van der Waals surface area contributed by atoms with Crippen molar-refractivity contribution in [3.63, 3.8) is 0 Å². The molecule has 82 valence electrons. The summed E-state index contributed by atoms with van der Waals surface area (Å²) in [4.78, 5) is 2.30. The van der Waals surface area contributed by atoms with Gasteiger partial charge in [-0.1, -0.05) is 12.1 Å². The van der Waals surface area contributed by atoms with E-state index in [1.165, 1.54) is 0 Å². The van der Waals surface area contributed by atoms with Gasteiger partial charge in [0, 0.05) is 13.1 Å². The summed E-state index contributed by atoms with van der Waals surface area (Å²) < 4.78 is 5.52. The SMILES string of the molecule is Cc1cccc(N2CCOC(C)C2)c1N. The molecular formula is C12H18N2O. The molecule has 1 unspecified atom stereocenters. The number of anilines is 2. The molecule has 1 atom stereocenters. The van der Waals surface area contributed by atoms with E-state index in [1.54, 1.807) is 0 Å². The van der Waals surface area contributed by atoms with Gasteiger partial charge in [-0.15, -0.1) is 0 Å². The van der Waals surface area contributed by atoms with Crippen molar-refractivity contribution in [1.29, 1.82) is 0 Å². The van der Waals surface area contributed by atoms with E-state index in [0.717, 1.165) is 36.6 Å². The molecule has 1 aromatic rings. The molecule has 1 aliphatic rings. The van der Waals surface area contributed by atoms with E-state index < -0.39 is 0 Å². The summed E-state index contributed by atoms with van der Waals surface area (Å²) in [5.74, 6) is 0. The van der Waals surface area contributed by atoms with Crippen molar-refractivity contribution in [1.82, 2.24) is 0 Å². The number of nitrogens with two attached hydrogens (primary N) is 1. The molecule has 0 aliphatic carbocycles. The number of hydrogen-bond donors (Lipinski definition) is 1. The van der Waals surface area contributed by atoms with Crippen LogP contribution in [0.1, 0.15) is 12.5 Å². The highest BCUT2D eigenvalue weighted by atomic mass is 16.5. The number of hydrogen-bond acceptors (Lipinski definition) is 3. The molecule has 0 amide bonds. The highest BCUT2D eigenvalue weighted by molar-refractivity contribution is 5.71. The molecule has 2 N–H and O–H groups in total. The second-order valence-corrected chi connectivity index (χ2v) is 4.14. The molecule has 0 radical (unpaired) electrons. The summed E-state index contributed by atoms with van der Waals surface area (Å²) in [5.41, 5.74) is 9.26. The fraction of sp³-hybridized carbons (Fsp3) is 0.500. The number of ether oxygens (including phenoxy) is 1. The van der Waals surface area contributed by atoms with Crippen LogP contribution in [0, 0.1) is 6.92 Å². The fourth-order valence-electron chi connectivity index (χ4n) is 1.98. The second kappa shape index (κ2) is 4.11. The van der Waals surface area contributed by atoms with Gasteiger partial charge in [0.05, 0.1) is 24.1 Å². The summed E-state index contributed by atoms with van der Waals surface area (Å²) in [7, 11) is 0. The fourth-order valence-corrected chi connectivity index (χ4v) is 1.98. The average molecular weight is 206 g/mol. The topological polar surface area (TPSA) is 38.5 Å². The molecule has 0 bridgehead atoms. The Labute approximate surface area is 90.8 Å². The molecule has 1 fully saturated rings. The molecule has 0 aromatic heterocycles. The van der Waals surface area contributed by atoms with E-state index in [0.29, 0.717) is 6.10 Å². The van der Waals surface area contributed by atoms with E-state index >= 15 is 0 Å². The number of benzene rings is 1. The first-order valence-electron chi connectivity index (χ1n) is 5.40. The van der Waals surface area contributed by atoms with E-state index in [9.17, 15) is 0 Å². The quantitative estimate of drug-likeness (QED) is 0.712. The lowest BCUT2D eigenvalue weighted by atomic mass is 10.1. The minimum Gasteiger partial charge on any atom is -0.397 e. The maximum atomic E-state index is 6.08. The number of rotatable bonds is 1. The smallest absolute Gasteiger partial charge is 0.0722 e. The molecule has 0 spiro atoms. The van der Waals surface area contributed by atoms with Crippen LogP contribution in [0.3, 0.4) is 0 Å². The van der Waals surface area contributed by atoms with Crippen molar-refractivity contribution in [2.75, 3.05) is 30.3 Å². The van der Waals surface area contributed by atoms with Crippen LogP contribution in [-0.2, 0) is 4.74 Å². The largest absolute Gasteiger partial charge is 0.397 e. The number of nitrogen functional groups attached to an aromatic ring is 1. The van der Waals surface area contributed by atoms with Gasteiger partial charge >= 0.3 is 0 Å². The Morgan fingerprint density at radius 1 is 1.47 bits per heavy atom. The third kappa shape index (κ3) is 2.07. The van der Waals surface area contributed by atoms with Crippen LogP contribution in [0.2, 0.25) is 0 Å². The van der Waals surface area contributed by atoms with Crippen LogP contribution < -0.4 is 10.6 Å². The molecule has 1 saturated heterocycles. The Kier molecular flexibility index (Phi) is 2.82. The number of morpholine rings is 1. The van der Waals surface area contributed by atoms with E-state index in [-0.39, 0.29) is 0 Å². The summed E-state index contributed by atoms with van der Waals surface area (Å²) in [6.45, 7) is 6.78. The maximum absolute atomic E-state index is 6.08. The Morgan fingerprint density at radius 3 is 3.00 bits per heavy atom. The maximum Gasteiger partial charge on any atom is 0.0722 e. The van der Waals surface area contributed by atoms with Crippen LogP contribution in [-0.4, -0.2) is 25.8 Å². The molecule has 1 heterocycles.